The number of aliphatic imine (C=N–C) groups is 1. The quantitative estimate of drug-likeness (QED) is 0.153. The van der Waals surface area contributed by atoms with Crippen molar-refractivity contribution in [3.63, 3.8) is 0 Å². The molecule has 0 unspecified atom stereocenters. The highest BCUT2D eigenvalue weighted by atomic mass is 35.5. The molecular formula is C36H36Cl2N2O5. The Hall–Kier alpha value is -4.20. The maximum Gasteiger partial charge on any atom is 0.341 e. The van der Waals surface area contributed by atoms with Gasteiger partial charge in [-0.15, -0.1) is 0 Å². The minimum Gasteiger partial charge on any atom is -0.497 e. The summed E-state index contributed by atoms with van der Waals surface area (Å²) in [7, 11) is 3.25. The van der Waals surface area contributed by atoms with Gasteiger partial charge >= 0.3 is 5.97 Å². The van der Waals surface area contributed by atoms with Crippen molar-refractivity contribution in [2.75, 3.05) is 20.8 Å². The van der Waals surface area contributed by atoms with Crippen LogP contribution in [0.25, 0.3) is 0 Å². The van der Waals surface area contributed by atoms with Crippen LogP contribution in [0.2, 0.25) is 10.0 Å². The van der Waals surface area contributed by atoms with Crippen LogP contribution < -0.4 is 14.2 Å². The molecule has 0 spiro atoms. The first-order valence-corrected chi connectivity index (χ1v) is 15.5. The third-order valence-corrected chi connectivity index (χ3v) is 8.10. The van der Waals surface area contributed by atoms with Crippen molar-refractivity contribution in [1.82, 2.24) is 4.90 Å². The second kappa shape index (κ2) is 13.8. The summed E-state index contributed by atoms with van der Waals surface area (Å²) in [5.41, 5.74) is 1.60. The number of hydrogen-bond donors (Lipinski definition) is 0. The minimum absolute atomic E-state index is 0.136. The monoisotopic (exact) mass is 646 g/mol. The standard InChI is InChI=1S/C36H36Cl2N2O5/c1-6-44-35(41)36(26-12-16-28(38)17-13-26)33(25-10-14-27(37)15-11-25)40(22-24-8-7-9-29(20-24)42-4)34(39-36)31-19-18-30(43-5)21-32(31)45-23(2)3/h7-21,23,33H,6,22H2,1-5H3/t33-,36-/m1/s1. The van der Waals surface area contributed by atoms with E-state index in [4.69, 9.17) is 47.1 Å². The third-order valence-electron chi connectivity index (χ3n) is 7.60. The van der Waals surface area contributed by atoms with E-state index < -0.39 is 17.6 Å². The number of benzene rings is 4. The summed E-state index contributed by atoms with van der Waals surface area (Å²) >= 11 is 12.7. The van der Waals surface area contributed by atoms with Gasteiger partial charge in [-0.25, -0.2) is 9.79 Å². The first-order chi connectivity index (χ1) is 21.7. The van der Waals surface area contributed by atoms with E-state index in [1.165, 1.54) is 0 Å². The van der Waals surface area contributed by atoms with Crippen molar-refractivity contribution in [1.29, 1.82) is 0 Å². The number of hydrogen-bond acceptors (Lipinski definition) is 7. The number of esters is 1. The van der Waals surface area contributed by atoms with E-state index in [1.54, 1.807) is 33.3 Å². The molecule has 1 heterocycles. The van der Waals surface area contributed by atoms with E-state index >= 15 is 0 Å². The molecule has 9 heteroatoms. The van der Waals surface area contributed by atoms with E-state index in [9.17, 15) is 4.79 Å². The fourth-order valence-corrected chi connectivity index (χ4v) is 5.92. The molecule has 234 valence electrons. The van der Waals surface area contributed by atoms with E-state index in [2.05, 4.69) is 4.90 Å². The number of halogens is 2. The summed E-state index contributed by atoms with van der Waals surface area (Å²) in [6, 6.07) is 27.5. The van der Waals surface area contributed by atoms with Gasteiger partial charge in [-0.05, 0) is 86.0 Å². The molecule has 5 rings (SSSR count). The molecule has 7 nitrogen and oxygen atoms in total. The fraction of sp³-hybridized carbons (Fsp3) is 0.278. The zero-order valence-electron chi connectivity index (χ0n) is 25.9. The van der Waals surface area contributed by atoms with Crippen molar-refractivity contribution in [2.24, 2.45) is 4.99 Å². The summed E-state index contributed by atoms with van der Waals surface area (Å²) in [5.74, 6) is 1.99. The number of carbonyl (C=O) groups is 1. The predicted octanol–water partition coefficient (Wildman–Crippen LogP) is 8.26. The van der Waals surface area contributed by atoms with Gasteiger partial charge in [0.05, 0.1) is 38.5 Å². The number of amidine groups is 1. The van der Waals surface area contributed by atoms with Crippen molar-refractivity contribution in [2.45, 2.75) is 45.0 Å². The van der Waals surface area contributed by atoms with Gasteiger partial charge in [0.2, 0.25) is 5.54 Å². The van der Waals surface area contributed by atoms with Crippen LogP contribution in [-0.2, 0) is 21.6 Å². The Morgan fingerprint density at radius 1 is 0.889 bits per heavy atom. The molecule has 1 aliphatic rings. The van der Waals surface area contributed by atoms with Crippen LogP contribution in [0.5, 0.6) is 17.2 Å². The SMILES string of the molecule is CCOC(=O)[C@]1(c2ccc(Cl)cc2)N=C(c2ccc(OC)cc2OC(C)C)N(Cc2cccc(OC)c2)[C@@H]1c1ccc(Cl)cc1. The second-order valence-electron chi connectivity index (χ2n) is 10.9. The van der Waals surface area contributed by atoms with Crippen LogP contribution in [0, 0.1) is 0 Å². The topological polar surface area (TPSA) is 69.6 Å². The molecule has 0 fully saturated rings. The van der Waals surface area contributed by atoms with Crippen molar-refractivity contribution in [3.8, 4) is 17.2 Å². The molecule has 1 aliphatic heterocycles. The summed E-state index contributed by atoms with van der Waals surface area (Å²) in [4.78, 5) is 22.0. The smallest absolute Gasteiger partial charge is 0.341 e. The highest BCUT2D eigenvalue weighted by Gasteiger charge is 2.57. The highest BCUT2D eigenvalue weighted by Crippen LogP contribution is 2.51. The average molecular weight is 648 g/mol. The van der Waals surface area contributed by atoms with Gasteiger partial charge in [-0.3, -0.25) is 0 Å². The van der Waals surface area contributed by atoms with Gasteiger partial charge in [0, 0.05) is 22.7 Å². The molecule has 0 amide bonds. The molecule has 0 saturated carbocycles. The molecule has 2 atom stereocenters. The summed E-state index contributed by atoms with van der Waals surface area (Å²) in [5, 5.41) is 1.12. The van der Waals surface area contributed by atoms with Crippen LogP contribution in [-0.4, -0.2) is 43.6 Å². The van der Waals surface area contributed by atoms with Crippen LogP contribution in [0.3, 0.4) is 0 Å². The number of methoxy groups -OCH3 is 2. The van der Waals surface area contributed by atoms with E-state index in [1.807, 2.05) is 92.7 Å². The first kappa shape index (κ1) is 32.2. The molecule has 4 aromatic rings. The number of rotatable bonds is 11. The Kier molecular flexibility index (Phi) is 9.90. The maximum absolute atomic E-state index is 14.5. The first-order valence-electron chi connectivity index (χ1n) is 14.7. The lowest BCUT2D eigenvalue weighted by Crippen LogP contribution is -2.44. The van der Waals surface area contributed by atoms with E-state index in [0.29, 0.717) is 45.1 Å². The Morgan fingerprint density at radius 2 is 1.53 bits per heavy atom. The molecule has 0 radical (unpaired) electrons. The molecule has 0 aliphatic carbocycles. The molecule has 0 saturated heterocycles. The zero-order chi connectivity index (χ0) is 32.1. The summed E-state index contributed by atoms with van der Waals surface area (Å²) < 4.78 is 23.3. The van der Waals surface area contributed by atoms with Crippen molar-refractivity contribution < 1.29 is 23.7 Å². The second-order valence-corrected chi connectivity index (χ2v) is 11.8. The summed E-state index contributed by atoms with van der Waals surface area (Å²) in [6.45, 7) is 6.26. The normalized spacial score (nSPS) is 17.6. The van der Waals surface area contributed by atoms with Gasteiger partial charge in [0.1, 0.15) is 23.1 Å². The highest BCUT2D eigenvalue weighted by molar-refractivity contribution is 6.30. The number of ether oxygens (including phenoxy) is 4. The number of carbonyl (C=O) groups excluding carboxylic acids is 1. The molecule has 0 N–H and O–H groups in total. The van der Waals surface area contributed by atoms with Gasteiger partial charge in [-0.2, -0.15) is 0 Å². The Bertz CT molecular complexity index is 1670. The van der Waals surface area contributed by atoms with E-state index in [0.717, 1.165) is 16.9 Å². The molecule has 45 heavy (non-hydrogen) atoms. The zero-order valence-corrected chi connectivity index (χ0v) is 27.4. The maximum atomic E-state index is 14.5. The fourth-order valence-electron chi connectivity index (χ4n) is 5.66. The van der Waals surface area contributed by atoms with Crippen molar-refractivity contribution in [3.05, 3.63) is 123 Å². The van der Waals surface area contributed by atoms with Gasteiger partial charge in [0.25, 0.3) is 0 Å². The van der Waals surface area contributed by atoms with Crippen LogP contribution in [0.4, 0.5) is 0 Å². The molecule has 4 aromatic carbocycles. The van der Waals surface area contributed by atoms with Gasteiger partial charge in [0.15, 0.2) is 0 Å². The van der Waals surface area contributed by atoms with Crippen LogP contribution in [0.1, 0.15) is 49.1 Å². The minimum atomic E-state index is -1.52. The Balaban J connectivity index is 1.85. The van der Waals surface area contributed by atoms with Crippen LogP contribution in [0.15, 0.2) is 96.0 Å². The van der Waals surface area contributed by atoms with Crippen LogP contribution >= 0.6 is 23.2 Å². The van der Waals surface area contributed by atoms with Gasteiger partial charge in [-0.1, -0.05) is 59.6 Å². The molecular weight excluding hydrogens is 611 g/mol. The molecule has 0 bridgehead atoms. The largest absolute Gasteiger partial charge is 0.497 e. The Morgan fingerprint density at radius 3 is 2.16 bits per heavy atom. The summed E-state index contributed by atoms with van der Waals surface area (Å²) in [6.07, 6.45) is -0.136. The lowest BCUT2D eigenvalue weighted by atomic mass is 9.79. The average Bonchev–Trinajstić information content (AvgIpc) is 3.37. The lowest BCUT2D eigenvalue weighted by Gasteiger charge is -2.37. The van der Waals surface area contributed by atoms with E-state index in [-0.39, 0.29) is 12.7 Å². The number of nitrogens with zero attached hydrogens (tertiary/aromatic N) is 2. The molecule has 0 aromatic heterocycles. The Labute approximate surface area is 274 Å². The van der Waals surface area contributed by atoms with Gasteiger partial charge < -0.3 is 23.8 Å². The lowest BCUT2D eigenvalue weighted by molar-refractivity contribution is -0.151. The predicted molar refractivity (Wildman–Crippen MR) is 178 cm³/mol. The van der Waals surface area contributed by atoms with Crippen molar-refractivity contribution >= 4 is 35.0 Å². The third kappa shape index (κ3) is 6.60.